The van der Waals surface area contributed by atoms with Gasteiger partial charge in [-0.2, -0.15) is 0 Å². The normalized spacial score (nSPS) is 10.2. The fourth-order valence-corrected chi connectivity index (χ4v) is 1.70. The first kappa shape index (κ1) is 12.9. The highest BCUT2D eigenvalue weighted by molar-refractivity contribution is 5.93. The number of amides is 1. The third kappa shape index (κ3) is 3.01. The lowest BCUT2D eigenvalue weighted by Gasteiger charge is -2.01. The van der Waals surface area contributed by atoms with E-state index in [4.69, 9.17) is 9.52 Å². The van der Waals surface area contributed by atoms with Crippen LogP contribution in [0.1, 0.15) is 16.1 Å². The molecule has 5 heteroatoms. The molecule has 98 valence electrons. The Labute approximate surface area is 109 Å². The molecule has 0 atom stereocenters. The minimum atomic E-state index is -1.10. The summed E-state index contributed by atoms with van der Waals surface area (Å²) in [7, 11) is 0. The van der Waals surface area contributed by atoms with Crippen molar-refractivity contribution in [1.29, 1.82) is 0 Å². The number of aliphatic carboxylic acids is 1. The average Bonchev–Trinajstić information content (AvgIpc) is 2.86. The highest BCUT2D eigenvalue weighted by Gasteiger charge is 2.13. The van der Waals surface area contributed by atoms with Gasteiger partial charge < -0.3 is 14.8 Å². The number of carboxylic acids is 1. The largest absolute Gasteiger partial charge is 0.480 e. The highest BCUT2D eigenvalue weighted by Crippen LogP contribution is 2.25. The van der Waals surface area contributed by atoms with Crippen molar-refractivity contribution in [3.63, 3.8) is 0 Å². The standard InChI is InChI=1S/C14H13NO4/c1-9-4-2-3-5-10(9)11-6-7-12(19-11)14(18)15-8-13(16)17/h2-7H,8H2,1H3,(H,15,18)(H,16,17). The Morgan fingerprint density at radius 1 is 1.21 bits per heavy atom. The van der Waals surface area contributed by atoms with Crippen molar-refractivity contribution in [2.75, 3.05) is 6.54 Å². The summed E-state index contributed by atoms with van der Waals surface area (Å²) in [6, 6.07) is 10.9. The first-order valence-electron chi connectivity index (χ1n) is 5.74. The zero-order valence-corrected chi connectivity index (χ0v) is 10.3. The number of benzene rings is 1. The highest BCUT2D eigenvalue weighted by atomic mass is 16.4. The van der Waals surface area contributed by atoms with Crippen molar-refractivity contribution < 1.29 is 19.1 Å². The maximum absolute atomic E-state index is 11.6. The zero-order chi connectivity index (χ0) is 13.8. The van der Waals surface area contributed by atoms with Crippen molar-refractivity contribution in [1.82, 2.24) is 5.32 Å². The van der Waals surface area contributed by atoms with E-state index in [1.165, 1.54) is 6.07 Å². The molecule has 1 heterocycles. The molecule has 0 aliphatic rings. The van der Waals surface area contributed by atoms with Crippen LogP contribution < -0.4 is 5.32 Å². The van der Waals surface area contributed by atoms with Gasteiger partial charge in [0.05, 0.1) is 0 Å². The van der Waals surface area contributed by atoms with E-state index in [9.17, 15) is 9.59 Å². The second-order valence-electron chi connectivity index (χ2n) is 4.06. The SMILES string of the molecule is Cc1ccccc1-c1ccc(C(=O)NCC(=O)O)o1. The van der Waals surface area contributed by atoms with Crippen molar-refractivity contribution in [2.45, 2.75) is 6.92 Å². The van der Waals surface area contributed by atoms with Crippen molar-refractivity contribution in [3.05, 3.63) is 47.7 Å². The van der Waals surface area contributed by atoms with E-state index in [-0.39, 0.29) is 5.76 Å². The first-order chi connectivity index (χ1) is 9.08. The third-order valence-electron chi connectivity index (χ3n) is 2.64. The predicted octanol–water partition coefficient (Wildman–Crippen LogP) is 2.07. The summed E-state index contributed by atoms with van der Waals surface area (Å²) in [6.07, 6.45) is 0. The number of carbonyl (C=O) groups is 2. The van der Waals surface area contributed by atoms with Crippen molar-refractivity contribution in [3.8, 4) is 11.3 Å². The molecule has 0 fully saturated rings. The van der Waals surface area contributed by atoms with Gasteiger partial charge in [-0.25, -0.2) is 0 Å². The summed E-state index contributed by atoms with van der Waals surface area (Å²) in [5, 5.41) is 10.7. The second-order valence-corrected chi connectivity index (χ2v) is 4.06. The van der Waals surface area contributed by atoms with Crippen LogP contribution >= 0.6 is 0 Å². The summed E-state index contributed by atoms with van der Waals surface area (Å²) in [5.41, 5.74) is 1.94. The quantitative estimate of drug-likeness (QED) is 0.880. The van der Waals surface area contributed by atoms with Crippen LogP contribution in [0.4, 0.5) is 0 Å². The number of carboxylic acid groups (broad SMARTS) is 1. The molecule has 5 nitrogen and oxygen atoms in total. The zero-order valence-electron chi connectivity index (χ0n) is 10.3. The molecule has 1 aromatic heterocycles. The van der Waals surface area contributed by atoms with E-state index in [1.54, 1.807) is 6.07 Å². The second kappa shape index (κ2) is 5.39. The van der Waals surface area contributed by atoms with Gasteiger partial charge in [-0.1, -0.05) is 24.3 Å². The minimum absolute atomic E-state index is 0.0968. The number of aryl methyl sites for hydroxylation is 1. The molecule has 0 aliphatic carbocycles. The van der Waals surface area contributed by atoms with Gasteiger partial charge in [0, 0.05) is 5.56 Å². The maximum Gasteiger partial charge on any atom is 0.322 e. The molecule has 1 aromatic carbocycles. The molecule has 0 bridgehead atoms. The summed E-state index contributed by atoms with van der Waals surface area (Å²) >= 11 is 0. The van der Waals surface area contributed by atoms with E-state index >= 15 is 0 Å². The minimum Gasteiger partial charge on any atom is -0.480 e. The summed E-state index contributed by atoms with van der Waals surface area (Å²) < 4.78 is 5.44. The number of nitrogens with one attached hydrogen (secondary N) is 1. The number of hydrogen-bond donors (Lipinski definition) is 2. The molecule has 0 radical (unpaired) electrons. The molecular formula is C14H13NO4. The summed E-state index contributed by atoms with van der Waals surface area (Å²) in [6.45, 7) is 1.52. The smallest absolute Gasteiger partial charge is 0.322 e. The Hall–Kier alpha value is -2.56. The van der Waals surface area contributed by atoms with E-state index in [0.29, 0.717) is 5.76 Å². The molecule has 0 saturated carbocycles. The fraction of sp³-hybridized carbons (Fsp3) is 0.143. The molecule has 0 aliphatic heterocycles. The first-order valence-corrected chi connectivity index (χ1v) is 5.74. The van der Waals surface area contributed by atoms with Crippen molar-refractivity contribution in [2.24, 2.45) is 0 Å². The Morgan fingerprint density at radius 2 is 1.95 bits per heavy atom. The topological polar surface area (TPSA) is 79.5 Å². The van der Waals surface area contributed by atoms with Crippen LogP contribution in [0, 0.1) is 6.92 Å². The van der Waals surface area contributed by atoms with Crippen LogP contribution in [-0.2, 0) is 4.79 Å². The lowest BCUT2D eigenvalue weighted by Crippen LogP contribution is -2.28. The molecule has 2 N–H and O–H groups in total. The molecule has 2 aromatic rings. The van der Waals surface area contributed by atoms with E-state index in [2.05, 4.69) is 5.32 Å². The van der Waals surface area contributed by atoms with E-state index in [1.807, 2.05) is 31.2 Å². The number of rotatable bonds is 4. The lowest BCUT2D eigenvalue weighted by molar-refractivity contribution is -0.135. The predicted molar refractivity (Wildman–Crippen MR) is 68.9 cm³/mol. The van der Waals surface area contributed by atoms with Crippen molar-refractivity contribution >= 4 is 11.9 Å². The van der Waals surface area contributed by atoms with Crippen LogP contribution in [0.2, 0.25) is 0 Å². The molecular weight excluding hydrogens is 246 g/mol. The van der Waals surface area contributed by atoms with Gasteiger partial charge in [0.1, 0.15) is 12.3 Å². The molecule has 19 heavy (non-hydrogen) atoms. The molecule has 0 spiro atoms. The molecule has 2 rings (SSSR count). The van der Waals surface area contributed by atoms with Crippen LogP contribution in [0.15, 0.2) is 40.8 Å². The molecule has 0 unspecified atom stereocenters. The summed E-state index contributed by atoms with van der Waals surface area (Å²) in [4.78, 5) is 22.0. The fourth-order valence-electron chi connectivity index (χ4n) is 1.70. The number of hydrogen-bond acceptors (Lipinski definition) is 3. The van der Waals surface area contributed by atoms with Gasteiger partial charge in [0.2, 0.25) is 0 Å². The Bertz CT molecular complexity index is 615. The molecule has 0 saturated heterocycles. The number of furan rings is 1. The van der Waals surface area contributed by atoms with Crippen LogP contribution in [-0.4, -0.2) is 23.5 Å². The van der Waals surface area contributed by atoms with E-state index < -0.39 is 18.4 Å². The van der Waals surface area contributed by atoms with Crippen LogP contribution in [0.3, 0.4) is 0 Å². The van der Waals surface area contributed by atoms with Gasteiger partial charge in [-0.15, -0.1) is 0 Å². The van der Waals surface area contributed by atoms with Gasteiger partial charge in [-0.05, 0) is 24.6 Å². The Morgan fingerprint density at radius 3 is 2.63 bits per heavy atom. The lowest BCUT2D eigenvalue weighted by atomic mass is 10.1. The number of carbonyl (C=O) groups excluding carboxylic acids is 1. The van der Waals surface area contributed by atoms with Crippen LogP contribution in [0.25, 0.3) is 11.3 Å². The Kier molecular flexibility index (Phi) is 3.66. The van der Waals surface area contributed by atoms with Crippen LogP contribution in [0.5, 0.6) is 0 Å². The van der Waals surface area contributed by atoms with Gasteiger partial charge >= 0.3 is 5.97 Å². The van der Waals surface area contributed by atoms with Gasteiger partial charge in [-0.3, -0.25) is 9.59 Å². The molecule has 1 amide bonds. The monoisotopic (exact) mass is 259 g/mol. The van der Waals surface area contributed by atoms with E-state index in [0.717, 1.165) is 11.1 Å². The summed E-state index contributed by atoms with van der Waals surface area (Å²) in [5.74, 6) is -0.959. The van der Waals surface area contributed by atoms with Gasteiger partial charge in [0.15, 0.2) is 5.76 Å². The average molecular weight is 259 g/mol. The third-order valence-corrected chi connectivity index (χ3v) is 2.64. The van der Waals surface area contributed by atoms with Gasteiger partial charge in [0.25, 0.3) is 5.91 Å². The maximum atomic E-state index is 11.6. The Balaban J connectivity index is 2.18.